The summed E-state index contributed by atoms with van der Waals surface area (Å²) in [4.78, 5) is 12.0. The second kappa shape index (κ2) is 6.05. The molecular weight excluding hydrogens is 288 g/mol. The first kappa shape index (κ1) is 15.6. The molecule has 0 bridgehead atoms. The molecule has 1 fully saturated rings. The van der Waals surface area contributed by atoms with Gasteiger partial charge in [-0.2, -0.15) is 0 Å². The van der Waals surface area contributed by atoms with Gasteiger partial charge in [0.1, 0.15) is 11.9 Å². The summed E-state index contributed by atoms with van der Waals surface area (Å²) in [5, 5.41) is 2.91. The third kappa shape index (κ3) is 3.54. The third-order valence-corrected chi connectivity index (χ3v) is 4.27. The maximum atomic E-state index is 12.0. The number of carbonyl (C=O) groups is 1. The van der Waals surface area contributed by atoms with Crippen molar-refractivity contribution in [3.63, 3.8) is 0 Å². The first-order chi connectivity index (χ1) is 11.0. The summed E-state index contributed by atoms with van der Waals surface area (Å²) in [6.07, 6.45) is 1.48. The molecule has 0 radical (unpaired) electrons. The van der Waals surface area contributed by atoms with Crippen molar-refractivity contribution >= 4 is 11.6 Å². The average Bonchev–Trinajstić information content (AvgIpc) is 3.30. The lowest BCUT2D eigenvalue weighted by Gasteiger charge is -2.17. The normalized spacial score (nSPS) is 16.5. The van der Waals surface area contributed by atoms with Crippen molar-refractivity contribution in [1.82, 2.24) is 0 Å². The number of hydrogen-bond acceptors (Lipinski definition) is 3. The van der Waals surface area contributed by atoms with Crippen LogP contribution in [0, 0.1) is 6.92 Å². The van der Waals surface area contributed by atoms with Gasteiger partial charge in [-0.1, -0.05) is 30.3 Å². The number of anilines is 1. The summed E-state index contributed by atoms with van der Waals surface area (Å²) in [6.45, 7) is 3.97. The Morgan fingerprint density at radius 1 is 1.22 bits per heavy atom. The summed E-state index contributed by atoms with van der Waals surface area (Å²) in [7, 11) is 0. The van der Waals surface area contributed by atoms with Crippen molar-refractivity contribution in [3.05, 3.63) is 59.7 Å². The summed E-state index contributed by atoms with van der Waals surface area (Å²) in [5.41, 5.74) is 8.12. The van der Waals surface area contributed by atoms with Gasteiger partial charge in [-0.05, 0) is 56.0 Å². The molecule has 2 aromatic carbocycles. The highest BCUT2D eigenvalue weighted by Gasteiger charge is 2.46. The molecule has 2 aromatic rings. The van der Waals surface area contributed by atoms with Crippen LogP contribution in [-0.4, -0.2) is 11.4 Å². The number of rotatable bonds is 5. The van der Waals surface area contributed by atoms with Crippen LogP contribution in [0.5, 0.6) is 5.75 Å². The Hall–Kier alpha value is -2.33. The van der Waals surface area contributed by atoms with Crippen molar-refractivity contribution in [3.8, 4) is 5.75 Å². The van der Waals surface area contributed by atoms with E-state index in [-0.39, 0.29) is 12.0 Å². The number of carbonyl (C=O) groups excluding carboxylic acids is 1. The minimum absolute atomic E-state index is 0.0326. The van der Waals surface area contributed by atoms with Crippen LogP contribution in [0.25, 0.3) is 0 Å². The number of benzene rings is 2. The lowest BCUT2D eigenvalue weighted by molar-refractivity contribution is -0.118. The van der Waals surface area contributed by atoms with Crippen molar-refractivity contribution < 1.29 is 9.53 Å². The Kier molecular flexibility index (Phi) is 4.09. The van der Waals surface area contributed by atoms with Crippen LogP contribution in [-0.2, 0) is 4.79 Å². The molecule has 3 rings (SSSR count). The Bertz CT molecular complexity index is 709. The molecule has 1 atom stereocenters. The van der Waals surface area contributed by atoms with E-state index in [1.807, 2.05) is 62.4 Å². The number of amides is 1. The van der Waals surface area contributed by atoms with E-state index in [2.05, 4.69) is 5.32 Å². The monoisotopic (exact) mass is 310 g/mol. The lowest BCUT2D eigenvalue weighted by Crippen LogP contribution is -2.37. The molecule has 0 aromatic heterocycles. The lowest BCUT2D eigenvalue weighted by atomic mass is 10.1. The maximum Gasteiger partial charge on any atom is 0.244 e. The van der Waals surface area contributed by atoms with Crippen LogP contribution in [0.3, 0.4) is 0 Å². The molecule has 23 heavy (non-hydrogen) atoms. The highest BCUT2D eigenvalue weighted by molar-refractivity contribution is 6.00. The van der Waals surface area contributed by atoms with E-state index in [0.717, 1.165) is 35.4 Å². The minimum Gasteiger partial charge on any atom is -0.486 e. The Balaban J connectivity index is 1.68. The fraction of sp³-hybridized carbons (Fsp3) is 0.316. The summed E-state index contributed by atoms with van der Waals surface area (Å²) in [6, 6.07) is 15.8. The Morgan fingerprint density at radius 3 is 2.52 bits per heavy atom. The number of aryl methyl sites for hydroxylation is 1. The number of nitrogens with two attached hydrogens (primary N) is 1. The van der Waals surface area contributed by atoms with Crippen molar-refractivity contribution in [2.75, 3.05) is 5.32 Å². The van der Waals surface area contributed by atoms with Gasteiger partial charge in [0.2, 0.25) is 5.91 Å². The molecule has 120 valence electrons. The SMILES string of the molecule is Cc1cc(OC(C)c2ccccc2)ccc1NC(=O)C1(N)CC1. The third-order valence-electron chi connectivity index (χ3n) is 4.27. The van der Waals surface area contributed by atoms with Crippen LogP contribution in [0.2, 0.25) is 0 Å². The molecule has 1 amide bonds. The molecule has 0 spiro atoms. The smallest absolute Gasteiger partial charge is 0.244 e. The van der Waals surface area contributed by atoms with Crippen molar-refractivity contribution in [1.29, 1.82) is 0 Å². The number of hydrogen-bond donors (Lipinski definition) is 2. The van der Waals surface area contributed by atoms with E-state index >= 15 is 0 Å². The largest absolute Gasteiger partial charge is 0.486 e. The zero-order valence-electron chi connectivity index (χ0n) is 13.5. The van der Waals surface area contributed by atoms with Crippen LogP contribution in [0.1, 0.15) is 37.0 Å². The quantitative estimate of drug-likeness (QED) is 0.887. The van der Waals surface area contributed by atoms with Gasteiger partial charge in [0, 0.05) is 5.69 Å². The van der Waals surface area contributed by atoms with Gasteiger partial charge >= 0.3 is 0 Å². The van der Waals surface area contributed by atoms with Gasteiger partial charge < -0.3 is 15.8 Å². The average molecular weight is 310 g/mol. The minimum atomic E-state index is -0.663. The van der Waals surface area contributed by atoms with E-state index in [4.69, 9.17) is 10.5 Å². The topological polar surface area (TPSA) is 64.3 Å². The molecule has 0 saturated heterocycles. The molecular formula is C19H22N2O2. The van der Waals surface area contributed by atoms with Gasteiger partial charge in [0.25, 0.3) is 0 Å². The number of nitrogens with one attached hydrogen (secondary N) is 1. The van der Waals surface area contributed by atoms with Crippen LogP contribution in [0.4, 0.5) is 5.69 Å². The Morgan fingerprint density at radius 2 is 1.91 bits per heavy atom. The molecule has 1 unspecified atom stereocenters. The molecule has 0 heterocycles. The first-order valence-electron chi connectivity index (χ1n) is 7.90. The van der Waals surface area contributed by atoms with Gasteiger partial charge in [0.15, 0.2) is 0 Å². The van der Waals surface area contributed by atoms with Crippen LogP contribution in [0.15, 0.2) is 48.5 Å². The van der Waals surface area contributed by atoms with Crippen molar-refractivity contribution in [2.45, 2.75) is 38.3 Å². The Labute approximate surface area is 136 Å². The van der Waals surface area contributed by atoms with E-state index in [9.17, 15) is 4.79 Å². The summed E-state index contributed by atoms with van der Waals surface area (Å²) in [5.74, 6) is 0.678. The highest BCUT2D eigenvalue weighted by Crippen LogP contribution is 2.34. The second-order valence-corrected chi connectivity index (χ2v) is 6.26. The van der Waals surface area contributed by atoms with E-state index in [1.165, 1.54) is 0 Å². The molecule has 1 aliphatic rings. The molecule has 4 heteroatoms. The zero-order chi connectivity index (χ0) is 16.4. The van der Waals surface area contributed by atoms with E-state index in [1.54, 1.807) is 0 Å². The van der Waals surface area contributed by atoms with Crippen LogP contribution >= 0.6 is 0 Å². The standard InChI is InChI=1S/C19H22N2O2/c1-13-12-16(23-14(2)15-6-4-3-5-7-15)8-9-17(13)21-18(22)19(20)10-11-19/h3-9,12,14H,10-11,20H2,1-2H3,(H,21,22). The van der Waals surface area contributed by atoms with Crippen molar-refractivity contribution in [2.24, 2.45) is 5.73 Å². The summed E-state index contributed by atoms with van der Waals surface area (Å²) >= 11 is 0. The number of ether oxygens (including phenoxy) is 1. The van der Waals surface area contributed by atoms with Gasteiger partial charge in [0.05, 0.1) is 5.54 Å². The maximum absolute atomic E-state index is 12.0. The van der Waals surface area contributed by atoms with Crippen LogP contribution < -0.4 is 15.8 Å². The van der Waals surface area contributed by atoms with E-state index in [0.29, 0.717) is 0 Å². The van der Waals surface area contributed by atoms with Gasteiger partial charge in [-0.15, -0.1) is 0 Å². The van der Waals surface area contributed by atoms with Gasteiger partial charge in [-0.3, -0.25) is 4.79 Å². The van der Waals surface area contributed by atoms with E-state index < -0.39 is 5.54 Å². The fourth-order valence-electron chi connectivity index (χ4n) is 2.45. The molecule has 1 saturated carbocycles. The molecule has 4 nitrogen and oxygen atoms in total. The zero-order valence-corrected chi connectivity index (χ0v) is 13.5. The predicted molar refractivity (Wildman–Crippen MR) is 91.4 cm³/mol. The fourth-order valence-corrected chi connectivity index (χ4v) is 2.45. The highest BCUT2D eigenvalue weighted by atomic mass is 16.5. The summed E-state index contributed by atoms with van der Waals surface area (Å²) < 4.78 is 5.98. The molecule has 0 aliphatic heterocycles. The first-order valence-corrected chi connectivity index (χ1v) is 7.90. The van der Waals surface area contributed by atoms with Gasteiger partial charge in [-0.25, -0.2) is 0 Å². The molecule has 1 aliphatic carbocycles. The molecule has 3 N–H and O–H groups in total. The second-order valence-electron chi connectivity index (χ2n) is 6.26. The predicted octanol–water partition coefficient (Wildman–Crippen LogP) is 3.56.